The molecule has 6 heteroatoms. The number of hydrogen-bond acceptors (Lipinski definition) is 5. The van der Waals surface area contributed by atoms with Crippen LogP contribution in [0.2, 0.25) is 5.15 Å². The molecule has 100 valence electrons. The molecule has 3 heterocycles. The Balaban J connectivity index is 2.04. The number of hydrogen-bond donors (Lipinski definition) is 0. The topological polar surface area (TPSA) is 45.2 Å². The van der Waals surface area contributed by atoms with Crippen molar-refractivity contribution in [1.29, 1.82) is 0 Å². The van der Waals surface area contributed by atoms with E-state index in [1.54, 1.807) is 6.20 Å². The van der Waals surface area contributed by atoms with Gasteiger partial charge in [-0.1, -0.05) is 11.6 Å². The average molecular weight is 278 g/mol. The lowest BCUT2D eigenvalue weighted by Crippen LogP contribution is -2.50. The van der Waals surface area contributed by atoms with E-state index in [0.717, 1.165) is 36.2 Å². The molecule has 0 bridgehead atoms. The molecule has 3 rings (SSSR count). The van der Waals surface area contributed by atoms with Crippen molar-refractivity contribution in [3.8, 4) is 0 Å². The second-order valence-corrected chi connectivity index (χ2v) is 5.37. The first-order chi connectivity index (χ1) is 9.16. The predicted octanol–water partition coefficient (Wildman–Crippen LogP) is 1.82. The fourth-order valence-electron chi connectivity index (χ4n) is 2.43. The lowest BCUT2D eigenvalue weighted by atomic mass is 10.1. The summed E-state index contributed by atoms with van der Waals surface area (Å²) in [5, 5.41) is 10.6. The van der Waals surface area contributed by atoms with Gasteiger partial charge in [0.2, 0.25) is 0 Å². The Morgan fingerprint density at radius 3 is 2.89 bits per heavy atom. The number of fused-ring (bicyclic) bond motifs is 1. The number of likely N-dealkylation sites (N-methyl/N-ethyl adjacent to an activating group) is 1. The van der Waals surface area contributed by atoms with E-state index in [1.165, 1.54) is 0 Å². The quantitative estimate of drug-likeness (QED) is 0.796. The van der Waals surface area contributed by atoms with Gasteiger partial charge in [-0.25, -0.2) is 0 Å². The molecule has 1 fully saturated rings. The molecule has 1 aliphatic rings. The molecule has 1 aliphatic heterocycles. The first-order valence-electron chi connectivity index (χ1n) is 6.38. The van der Waals surface area contributed by atoms with Crippen LogP contribution in [-0.2, 0) is 0 Å². The Bertz CT molecular complexity index is 603. The molecule has 5 nitrogen and oxygen atoms in total. The number of rotatable bonds is 1. The molecule has 0 spiro atoms. The molecular formula is C13H16ClN5. The summed E-state index contributed by atoms with van der Waals surface area (Å²) >= 11 is 6.09. The lowest BCUT2D eigenvalue weighted by Gasteiger charge is -2.38. The van der Waals surface area contributed by atoms with E-state index >= 15 is 0 Å². The fourth-order valence-corrected chi connectivity index (χ4v) is 2.63. The highest BCUT2D eigenvalue weighted by molar-refractivity contribution is 6.34. The minimum absolute atomic E-state index is 0.434. The van der Waals surface area contributed by atoms with E-state index < -0.39 is 0 Å². The summed E-state index contributed by atoms with van der Waals surface area (Å²) in [6.07, 6.45) is 3.54. The third-order valence-corrected chi connectivity index (χ3v) is 4.06. The Morgan fingerprint density at radius 2 is 2.11 bits per heavy atom. The maximum absolute atomic E-state index is 6.09. The van der Waals surface area contributed by atoms with E-state index in [2.05, 4.69) is 39.0 Å². The monoisotopic (exact) mass is 277 g/mol. The SMILES string of the molecule is CC1CN(c2nnc(Cl)c3ccncc23)CCN1C. The van der Waals surface area contributed by atoms with Crippen molar-refractivity contribution in [3.63, 3.8) is 0 Å². The standard InChI is InChI=1S/C13H16ClN5/c1-9-8-19(6-5-18(9)2)13-11-7-15-4-3-10(11)12(14)16-17-13/h3-4,7,9H,5-6,8H2,1-2H3. The highest BCUT2D eigenvalue weighted by atomic mass is 35.5. The third-order valence-electron chi connectivity index (χ3n) is 3.78. The van der Waals surface area contributed by atoms with Crippen molar-refractivity contribution in [2.45, 2.75) is 13.0 Å². The van der Waals surface area contributed by atoms with Crippen LogP contribution in [0.1, 0.15) is 6.92 Å². The maximum atomic E-state index is 6.09. The van der Waals surface area contributed by atoms with Crippen molar-refractivity contribution in [2.75, 3.05) is 31.6 Å². The van der Waals surface area contributed by atoms with Gasteiger partial charge >= 0.3 is 0 Å². The number of aromatic nitrogens is 3. The van der Waals surface area contributed by atoms with E-state index in [4.69, 9.17) is 11.6 Å². The van der Waals surface area contributed by atoms with E-state index in [-0.39, 0.29) is 0 Å². The minimum atomic E-state index is 0.434. The molecule has 0 amide bonds. The summed E-state index contributed by atoms with van der Waals surface area (Å²) < 4.78 is 0. The van der Waals surface area contributed by atoms with Crippen LogP contribution in [0.5, 0.6) is 0 Å². The van der Waals surface area contributed by atoms with Gasteiger partial charge in [-0.05, 0) is 20.0 Å². The molecule has 0 N–H and O–H groups in total. The molecule has 1 unspecified atom stereocenters. The summed E-state index contributed by atoms with van der Waals surface area (Å²) in [6.45, 7) is 5.13. The first-order valence-corrected chi connectivity index (χ1v) is 6.75. The highest BCUT2D eigenvalue weighted by Crippen LogP contribution is 2.28. The van der Waals surface area contributed by atoms with Crippen molar-refractivity contribution in [2.24, 2.45) is 0 Å². The number of halogens is 1. The Labute approximate surface area is 117 Å². The van der Waals surface area contributed by atoms with Gasteiger partial charge in [-0.15, -0.1) is 10.2 Å². The molecule has 0 aliphatic carbocycles. The van der Waals surface area contributed by atoms with Crippen LogP contribution in [0.15, 0.2) is 18.5 Å². The van der Waals surface area contributed by atoms with Crippen molar-refractivity contribution in [1.82, 2.24) is 20.1 Å². The Morgan fingerprint density at radius 1 is 1.26 bits per heavy atom. The molecule has 0 saturated carbocycles. The summed E-state index contributed by atoms with van der Waals surface area (Å²) in [5.74, 6) is 0.882. The van der Waals surface area contributed by atoms with Gasteiger partial charge in [0.15, 0.2) is 11.0 Å². The second kappa shape index (κ2) is 4.90. The van der Waals surface area contributed by atoms with Crippen molar-refractivity contribution >= 4 is 28.2 Å². The fraction of sp³-hybridized carbons (Fsp3) is 0.462. The predicted molar refractivity (Wildman–Crippen MR) is 76.6 cm³/mol. The van der Waals surface area contributed by atoms with Crippen molar-refractivity contribution in [3.05, 3.63) is 23.6 Å². The third kappa shape index (κ3) is 2.24. The van der Waals surface area contributed by atoms with E-state index in [1.807, 2.05) is 12.3 Å². The van der Waals surface area contributed by atoms with Crippen LogP contribution >= 0.6 is 11.6 Å². The highest BCUT2D eigenvalue weighted by Gasteiger charge is 2.23. The summed E-state index contributed by atoms with van der Waals surface area (Å²) in [6, 6.07) is 2.38. The van der Waals surface area contributed by atoms with Gasteiger partial charge in [0.25, 0.3) is 0 Å². The number of nitrogens with zero attached hydrogens (tertiary/aromatic N) is 5. The zero-order valence-electron chi connectivity index (χ0n) is 11.0. The summed E-state index contributed by atoms with van der Waals surface area (Å²) in [5.41, 5.74) is 0. The molecule has 2 aromatic rings. The van der Waals surface area contributed by atoms with Crippen LogP contribution in [0.3, 0.4) is 0 Å². The summed E-state index contributed by atoms with van der Waals surface area (Å²) in [4.78, 5) is 8.79. The number of anilines is 1. The Kier molecular flexibility index (Phi) is 3.24. The van der Waals surface area contributed by atoms with Crippen LogP contribution in [0, 0.1) is 0 Å². The van der Waals surface area contributed by atoms with Crippen molar-refractivity contribution < 1.29 is 0 Å². The van der Waals surface area contributed by atoms with Gasteiger partial charge < -0.3 is 9.80 Å². The van der Waals surface area contributed by atoms with Gasteiger partial charge in [0.1, 0.15) is 0 Å². The molecule has 2 aromatic heterocycles. The van der Waals surface area contributed by atoms with Gasteiger partial charge in [-0.2, -0.15) is 0 Å². The van der Waals surface area contributed by atoms with Gasteiger partial charge in [-0.3, -0.25) is 4.98 Å². The largest absolute Gasteiger partial charge is 0.352 e. The van der Waals surface area contributed by atoms with Crippen LogP contribution in [-0.4, -0.2) is 52.8 Å². The smallest absolute Gasteiger partial charge is 0.160 e. The van der Waals surface area contributed by atoms with Crippen LogP contribution in [0.4, 0.5) is 5.82 Å². The normalized spacial score (nSPS) is 21.0. The molecule has 0 radical (unpaired) electrons. The lowest BCUT2D eigenvalue weighted by molar-refractivity contribution is 0.233. The molecule has 1 saturated heterocycles. The van der Waals surface area contributed by atoms with Crippen LogP contribution in [0.25, 0.3) is 10.8 Å². The van der Waals surface area contributed by atoms with Gasteiger partial charge in [0.05, 0.1) is 0 Å². The second-order valence-electron chi connectivity index (χ2n) is 5.01. The molecular weight excluding hydrogens is 262 g/mol. The van der Waals surface area contributed by atoms with E-state index in [9.17, 15) is 0 Å². The molecule has 0 aromatic carbocycles. The zero-order chi connectivity index (χ0) is 13.4. The van der Waals surface area contributed by atoms with Crippen LogP contribution < -0.4 is 4.90 Å². The minimum Gasteiger partial charge on any atom is -0.352 e. The average Bonchev–Trinajstić information content (AvgIpc) is 2.43. The maximum Gasteiger partial charge on any atom is 0.160 e. The summed E-state index contributed by atoms with van der Waals surface area (Å²) in [7, 11) is 2.15. The Hall–Kier alpha value is -1.46. The number of piperazine rings is 1. The first kappa shape index (κ1) is 12.6. The van der Waals surface area contributed by atoms with E-state index in [0.29, 0.717) is 11.2 Å². The molecule has 19 heavy (non-hydrogen) atoms. The number of pyridine rings is 1. The van der Waals surface area contributed by atoms with Gasteiger partial charge in [0, 0.05) is 48.8 Å². The zero-order valence-corrected chi connectivity index (χ0v) is 11.8. The molecule has 1 atom stereocenters.